The second-order valence-electron chi connectivity index (χ2n) is 6.91. The molecular formula is C21H20FN3O2. The summed E-state index contributed by atoms with van der Waals surface area (Å²) in [6.45, 7) is 1.08. The molecule has 138 valence electrons. The van der Waals surface area contributed by atoms with Crippen molar-refractivity contribution in [2.24, 2.45) is 11.7 Å². The topological polar surface area (TPSA) is 68.3 Å². The molecule has 1 fully saturated rings. The lowest BCUT2D eigenvalue weighted by Gasteiger charge is -2.18. The molecule has 2 N–H and O–H groups in total. The molecule has 0 saturated carbocycles. The molecule has 6 heteroatoms. The van der Waals surface area contributed by atoms with Gasteiger partial charge in [-0.3, -0.25) is 9.59 Å². The highest BCUT2D eigenvalue weighted by atomic mass is 19.1. The van der Waals surface area contributed by atoms with Gasteiger partial charge in [-0.05, 0) is 24.6 Å². The Kier molecular flexibility index (Phi) is 4.39. The van der Waals surface area contributed by atoms with Gasteiger partial charge in [0.15, 0.2) is 0 Å². The number of hydrogen-bond acceptors (Lipinski definition) is 2. The van der Waals surface area contributed by atoms with Crippen LogP contribution in [0.1, 0.15) is 22.5 Å². The smallest absolute Gasteiger partial charge is 0.270 e. The van der Waals surface area contributed by atoms with Gasteiger partial charge < -0.3 is 15.2 Å². The van der Waals surface area contributed by atoms with Gasteiger partial charge in [-0.1, -0.05) is 36.4 Å². The maximum absolute atomic E-state index is 14.2. The molecule has 0 aliphatic carbocycles. The predicted octanol–water partition coefficient (Wildman–Crippen LogP) is 2.78. The molecule has 2 heterocycles. The Labute approximate surface area is 156 Å². The van der Waals surface area contributed by atoms with Gasteiger partial charge in [0.1, 0.15) is 11.5 Å². The fourth-order valence-corrected chi connectivity index (χ4v) is 3.69. The van der Waals surface area contributed by atoms with Crippen LogP contribution in [0.2, 0.25) is 0 Å². The molecule has 2 amide bonds. The molecule has 1 aliphatic heterocycles. The zero-order valence-corrected chi connectivity index (χ0v) is 14.8. The van der Waals surface area contributed by atoms with Crippen molar-refractivity contribution >= 4 is 22.7 Å². The Morgan fingerprint density at radius 2 is 1.85 bits per heavy atom. The molecule has 0 bridgehead atoms. The number of carbonyl (C=O) groups is 2. The Bertz CT molecular complexity index is 1030. The number of fused-ring (bicyclic) bond motifs is 1. The number of aromatic nitrogens is 1. The second-order valence-corrected chi connectivity index (χ2v) is 6.91. The quantitative estimate of drug-likeness (QED) is 0.772. The van der Waals surface area contributed by atoms with E-state index in [9.17, 15) is 14.0 Å². The first kappa shape index (κ1) is 17.3. The standard InChI is InChI=1S/C21H20FN3O2/c22-17-7-3-1-6-15(17)13-25-18-8-4-2-5-14(18)11-19(25)21(27)24-10-9-16(12-24)20(23)26/h1-8,11,16H,9-10,12-13H2,(H2,23,26). The molecule has 4 rings (SSSR count). The van der Waals surface area contributed by atoms with Crippen LogP contribution in [0.4, 0.5) is 4.39 Å². The second kappa shape index (κ2) is 6.87. The van der Waals surface area contributed by atoms with Gasteiger partial charge in [-0.25, -0.2) is 4.39 Å². The van der Waals surface area contributed by atoms with Crippen LogP contribution in [0.25, 0.3) is 10.9 Å². The Hall–Kier alpha value is -3.15. The number of primary amides is 1. The van der Waals surface area contributed by atoms with E-state index in [-0.39, 0.29) is 30.1 Å². The van der Waals surface area contributed by atoms with E-state index in [4.69, 9.17) is 5.73 Å². The number of benzene rings is 2. The molecule has 0 spiro atoms. The summed E-state index contributed by atoms with van der Waals surface area (Å²) in [4.78, 5) is 26.2. The largest absolute Gasteiger partial charge is 0.369 e. The van der Waals surface area contributed by atoms with Crippen LogP contribution in [-0.2, 0) is 11.3 Å². The average molecular weight is 365 g/mol. The van der Waals surface area contributed by atoms with E-state index in [1.807, 2.05) is 34.9 Å². The monoisotopic (exact) mass is 365 g/mol. The molecule has 1 unspecified atom stereocenters. The summed E-state index contributed by atoms with van der Waals surface area (Å²) in [5.74, 6) is -1.15. The van der Waals surface area contributed by atoms with Gasteiger partial charge >= 0.3 is 0 Å². The van der Waals surface area contributed by atoms with Gasteiger partial charge in [-0.2, -0.15) is 0 Å². The third kappa shape index (κ3) is 3.18. The van der Waals surface area contributed by atoms with E-state index in [0.29, 0.717) is 30.8 Å². The lowest BCUT2D eigenvalue weighted by Crippen LogP contribution is -2.33. The fraction of sp³-hybridized carbons (Fsp3) is 0.238. The lowest BCUT2D eigenvalue weighted by atomic mass is 10.1. The highest BCUT2D eigenvalue weighted by Gasteiger charge is 2.31. The zero-order chi connectivity index (χ0) is 19.0. The highest BCUT2D eigenvalue weighted by Crippen LogP contribution is 2.25. The van der Waals surface area contributed by atoms with Gasteiger partial charge in [0.05, 0.1) is 12.5 Å². The number of nitrogens with two attached hydrogens (primary N) is 1. The van der Waals surface area contributed by atoms with Crippen LogP contribution >= 0.6 is 0 Å². The van der Waals surface area contributed by atoms with Gasteiger partial charge in [-0.15, -0.1) is 0 Å². The van der Waals surface area contributed by atoms with E-state index in [1.54, 1.807) is 23.1 Å². The summed E-state index contributed by atoms with van der Waals surface area (Å²) in [7, 11) is 0. The normalized spacial score (nSPS) is 16.8. The van der Waals surface area contributed by atoms with Crippen LogP contribution in [-0.4, -0.2) is 34.4 Å². The summed E-state index contributed by atoms with van der Waals surface area (Å²) in [5, 5.41) is 0.919. The van der Waals surface area contributed by atoms with Crippen LogP contribution in [0.3, 0.4) is 0 Å². The third-order valence-corrected chi connectivity index (χ3v) is 5.19. The van der Waals surface area contributed by atoms with Crippen molar-refractivity contribution in [1.82, 2.24) is 9.47 Å². The maximum Gasteiger partial charge on any atom is 0.270 e. The van der Waals surface area contributed by atoms with Crippen molar-refractivity contribution < 1.29 is 14.0 Å². The van der Waals surface area contributed by atoms with Gasteiger partial charge in [0, 0.05) is 29.6 Å². The van der Waals surface area contributed by atoms with E-state index < -0.39 is 0 Å². The van der Waals surface area contributed by atoms with E-state index in [1.165, 1.54) is 6.07 Å². The zero-order valence-electron chi connectivity index (χ0n) is 14.8. The number of rotatable bonds is 4. The first-order chi connectivity index (χ1) is 13.0. The molecular weight excluding hydrogens is 345 g/mol. The summed E-state index contributed by atoms with van der Waals surface area (Å²) < 4.78 is 16.0. The molecule has 1 atom stereocenters. The molecule has 3 aromatic rings. The van der Waals surface area contributed by atoms with Crippen LogP contribution in [0, 0.1) is 11.7 Å². The molecule has 1 aromatic heterocycles. The van der Waals surface area contributed by atoms with Crippen LogP contribution < -0.4 is 5.73 Å². The third-order valence-electron chi connectivity index (χ3n) is 5.19. The number of nitrogens with zero attached hydrogens (tertiary/aromatic N) is 2. The van der Waals surface area contributed by atoms with Gasteiger partial charge in [0.25, 0.3) is 5.91 Å². The Morgan fingerprint density at radius 1 is 1.11 bits per heavy atom. The molecule has 27 heavy (non-hydrogen) atoms. The van der Waals surface area contributed by atoms with Crippen molar-refractivity contribution in [1.29, 1.82) is 0 Å². The SMILES string of the molecule is NC(=O)C1CCN(C(=O)c2cc3ccccc3n2Cc2ccccc2F)C1. The molecule has 0 radical (unpaired) electrons. The van der Waals surface area contributed by atoms with Crippen molar-refractivity contribution in [3.8, 4) is 0 Å². The molecule has 1 aliphatic rings. The van der Waals surface area contributed by atoms with E-state index in [2.05, 4.69) is 0 Å². The summed E-state index contributed by atoms with van der Waals surface area (Å²) in [6.07, 6.45) is 0.578. The van der Waals surface area contributed by atoms with E-state index >= 15 is 0 Å². The number of likely N-dealkylation sites (tertiary alicyclic amines) is 1. The number of hydrogen-bond donors (Lipinski definition) is 1. The van der Waals surface area contributed by atoms with E-state index in [0.717, 1.165) is 10.9 Å². The van der Waals surface area contributed by atoms with Crippen LogP contribution in [0.5, 0.6) is 0 Å². The number of amides is 2. The summed E-state index contributed by atoms with van der Waals surface area (Å²) in [6, 6.07) is 16.0. The lowest BCUT2D eigenvalue weighted by molar-refractivity contribution is -0.121. The number of halogens is 1. The molecule has 1 saturated heterocycles. The fourth-order valence-electron chi connectivity index (χ4n) is 3.69. The first-order valence-electron chi connectivity index (χ1n) is 8.95. The first-order valence-corrected chi connectivity index (χ1v) is 8.95. The minimum atomic E-state index is -0.378. The predicted molar refractivity (Wildman–Crippen MR) is 101 cm³/mol. The molecule has 5 nitrogen and oxygen atoms in total. The average Bonchev–Trinajstić information content (AvgIpc) is 3.29. The van der Waals surface area contributed by atoms with Crippen molar-refractivity contribution in [2.45, 2.75) is 13.0 Å². The summed E-state index contributed by atoms with van der Waals surface area (Å²) >= 11 is 0. The molecule has 2 aromatic carbocycles. The minimum Gasteiger partial charge on any atom is -0.369 e. The Morgan fingerprint density at radius 3 is 2.59 bits per heavy atom. The highest BCUT2D eigenvalue weighted by molar-refractivity contribution is 5.99. The Balaban J connectivity index is 1.73. The van der Waals surface area contributed by atoms with Crippen molar-refractivity contribution in [3.05, 3.63) is 71.7 Å². The van der Waals surface area contributed by atoms with Crippen molar-refractivity contribution in [2.75, 3.05) is 13.1 Å². The minimum absolute atomic E-state index is 0.161. The van der Waals surface area contributed by atoms with Crippen LogP contribution in [0.15, 0.2) is 54.6 Å². The number of para-hydroxylation sites is 1. The summed E-state index contributed by atoms with van der Waals surface area (Å²) in [5.41, 5.74) is 7.26. The number of carbonyl (C=O) groups excluding carboxylic acids is 2. The maximum atomic E-state index is 14.2. The van der Waals surface area contributed by atoms with Crippen molar-refractivity contribution in [3.63, 3.8) is 0 Å². The van der Waals surface area contributed by atoms with Gasteiger partial charge in [0.2, 0.25) is 5.91 Å².